The monoisotopic (exact) mass is 398 g/mol. The highest BCUT2D eigenvalue weighted by Crippen LogP contribution is 2.23. The lowest BCUT2D eigenvalue weighted by Crippen LogP contribution is -2.36. The predicted octanol–water partition coefficient (Wildman–Crippen LogP) is 3.52. The molecule has 0 bridgehead atoms. The number of fused-ring (bicyclic) bond motifs is 1. The molecule has 158 valence electrons. The van der Waals surface area contributed by atoms with Gasteiger partial charge in [0, 0.05) is 39.5 Å². The molecule has 2 saturated heterocycles. The zero-order valence-corrected chi connectivity index (χ0v) is 17.9. The maximum absolute atomic E-state index is 13.4. The van der Waals surface area contributed by atoms with Gasteiger partial charge in [-0.1, -0.05) is 12.8 Å². The van der Waals surface area contributed by atoms with Gasteiger partial charge in [0.1, 0.15) is 5.65 Å². The van der Waals surface area contributed by atoms with Crippen molar-refractivity contribution in [1.29, 1.82) is 0 Å². The van der Waals surface area contributed by atoms with Crippen LogP contribution in [0.25, 0.3) is 5.65 Å². The van der Waals surface area contributed by atoms with Crippen molar-refractivity contribution in [1.82, 2.24) is 19.2 Å². The molecule has 0 spiro atoms. The fourth-order valence-electron chi connectivity index (χ4n) is 4.70. The third-order valence-electron chi connectivity index (χ3n) is 6.46. The van der Waals surface area contributed by atoms with E-state index in [1.54, 1.807) is 7.11 Å². The number of likely N-dealkylation sites (tertiary alicyclic amines) is 2. The largest absolute Gasteiger partial charge is 0.384 e. The molecule has 0 aromatic carbocycles. The Labute approximate surface area is 173 Å². The molecule has 4 rings (SSSR count). The van der Waals surface area contributed by atoms with E-state index in [9.17, 15) is 4.79 Å². The lowest BCUT2D eigenvalue weighted by molar-refractivity contribution is 0.0750. The number of aryl methyl sites for hydroxylation is 1. The van der Waals surface area contributed by atoms with Gasteiger partial charge >= 0.3 is 0 Å². The summed E-state index contributed by atoms with van der Waals surface area (Å²) >= 11 is 0. The summed E-state index contributed by atoms with van der Waals surface area (Å²) in [5, 5.41) is 0. The SMILES string of the molecule is COCC1CCN(Cc2c(C(=O)N3CCCCCC3)nc3cc(C)ccn23)CC1. The number of nitrogens with zero attached hydrogens (tertiary/aromatic N) is 4. The Kier molecular flexibility index (Phi) is 6.50. The van der Waals surface area contributed by atoms with Crippen molar-refractivity contribution in [3.8, 4) is 0 Å². The molecule has 0 atom stereocenters. The molecule has 0 saturated carbocycles. The average molecular weight is 399 g/mol. The van der Waals surface area contributed by atoms with E-state index in [4.69, 9.17) is 9.72 Å². The van der Waals surface area contributed by atoms with Gasteiger partial charge in [-0.15, -0.1) is 0 Å². The summed E-state index contributed by atoms with van der Waals surface area (Å²) < 4.78 is 7.46. The average Bonchev–Trinajstić information content (AvgIpc) is 2.90. The number of imidazole rings is 1. The second-order valence-electron chi connectivity index (χ2n) is 8.72. The number of rotatable bonds is 5. The van der Waals surface area contributed by atoms with Crippen molar-refractivity contribution in [2.75, 3.05) is 39.9 Å². The number of pyridine rings is 1. The fourth-order valence-corrected chi connectivity index (χ4v) is 4.70. The molecule has 29 heavy (non-hydrogen) atoms. The Morgan fingerprint density at radius 1 is 1.14 bits per heavy atom. The summed E-state index contributed by atoms with van der Waals surface area (Å²) in [4.78, 5) is 22.7. The second-order valence-corrected chi connectivity index (χ2v) is 8.72. The molecule has 0 N–H and O–H groups in total. The number of ether oxygens (including phenoxy) is 1. The van der Waals surface area contributed by atoms with Gasteiger partial charge in [-0.2, -0.15) is 0 Å². The number of hydrogen-bond acceptors (Lipinski definition) is 4. The number of aromatic nitrogens is 2. The maximum atomic E-state index is 13.4. The summed E-state index contributed by atoms with van der Waals surface area (Å²) in [7, 11) is 1.79. The Hall–Kier alpha value is -1.92. The first-order valence-corrected chi connectivity index (χ1v) is 11.1. The smallest absolute Gasteiger partial charge is 0.274 e. The highest BCUT2D eigenvalue weighted by molar-refractivity contribution is 5.94. The van der Waals surface area contributed by atoms with E-state index >= 15 is 0 Å². The number of hydrogen-bond donors (Lipinski definition) is 0. The van der Waals surface area contributed by atoms with Crippen LogP contribution in [0.1, 0.15) is 60.3 Å². The van der Waals surface area contributed by atoms with Crippen LogP contribution in [-0.2, 0) is 11.3 Å². The molecule has 0 radical (unpaired) electrons. The minimum Gasteiger partial charge on any atom is -0.384 e. The summed E-state index contributed by atoms with van der Waals surface area (Å²) in [6.07, 6.45) is 9.01. The van der Waals surface area contributed by atoms with E-state index in [1.165, 1.54) is 18.4 Å². The first kappa shape index (κ1) is 20.4. The Balaban J connectivity index is 1.59. The van der Waals surface area contributed by atoms with E-state index in [2.05, 4.69) is 34.6 Å². The van der Waals surface area contributed by atoms with Crippen molar-refractivity contribution < 1.29 is 9.53 Å². The second kappa shape index (κ2) is 9.26. The summed E-state index contributed by atoms with van der Waals surface area (Å²) in [6.45, 7) is 7.50. The lowest BCUT2D eigenvalue weighted by atomic mass is 9.97. The number of amides is 1. The van der Waals surface area contributed by atoms with Crippen LogP contribution in [0, 0.1) is 12.8 Å². The van der Waals surface area contributed by atoms with Crippen LogP contribution < -0.4 is 0 Å². The van der Waals surface area contributed by atoms with Gasteiger partial charge in [-0.05, 0) is 69.3 Å². The normalized spacial score (nSPS) is 19.6. The molecule has 2 aromatic rings. The Morgan fingerprint density at radius 3 is 2.55 bits per heavy atom. The zero-order valence-electron chi connectivity index (χ0n) is 17.9. The van der Waals surface area contributed by atoms with Crippen LogP contribution in [0.5, 0.6) is 0 Å². The minimum absolute atomic E-state index is 0.109. The summed E-state index contributed by atoms with van der Waals surface area (Å²) in [6, 6.07) is 4.18. The van der Waals surface area contributed by atoms with Crippen molar-refractivity contribution >= 4 is 11.6 Å². The molecule has 2 aromatic heterocycles. The highest BCUT2D eigenvalue weighted by atomic mass is 16.5. The van der Waals surface area contributed by atoms with E-state index in [1.807, 2.05) is 4.90 Å². The van der Waals surface area contributed by atoms with Crippen LogP contribution in [0.15, 0.2) is 18.3 Å². The van der Waals surface area contributed by atoms with Crippen LogP contribution in [0.2, 0.25) is 0 Å². The quantitative estimate of drug-likeness (QED) is 0.773. The van der Waals surface area contributed by atoms with E-state index in [0.29, 0.717) is 11.6 Å². The number of piperidine rings is 1. The fraction of sp³-hybridized carbons (Fsp3) is 0.652. The van der Waals surface area contributed by atoms with Gasteiger partial charge in [0.25, 0.3) is 5.91 Å². The van der Waals surface area contributed by atoms with Crippen LogP contribution in [0.3, 0.4) is 0 Å². The minimum atomic E-state index is 0.109. The summed E-state index contributed by atoms with van der Waals surface area (Å²) in [5.41, 5.74) is 3.74. The lowest BCUT2D eigenvalue weighted by Gasteiger charge is -2.31. The van der Waals surface area contributed by atoms with Gasteiger partial charge in [-0.25, -0.2) is 4.98 Å². The molecule has 2 aliphatic rings. The standard InChI is InChI=1S/C23H34N4O2/c1-18-7-14-27-20(16-25-12-8-19(9-13-25)17-29-2)22(24-21(27)15-18)23(28)26-10-5-3-4-6-11-26/h7,14-15,19H,3-6,8-13,16-17H2,1-2H3. The molecule has 2 fully saturated rings. The van der Waals surface area contributed by atoms with Gasteiger partial charge in [0.2, 0.25) is 0 Å². The van der Waals surface area contributed by atoms with E-state index in [0.717, 1.165) is 76.4 Å². The molecule has 4 heterocycles. The number of carbonyl (C=O) groups is 1. The molecular formula is C23H34N4O2. The van der Waals surface area contributed by atoms with Gasteiger partial charge in [0.05, 0.1) is 5.69 Å². The molecular weight excluding hydrogens is 364 g/mol. The van der Waals surface area contributed by atoms with Crippen LogP contribution in [0.4, 0.5) is 0 Å². The topological polar surface area (TPSA) is 50.1 Å². The van der Waals surface area contributed by atoms with Gasteiger partial charge in [0.15, 0.2) is 5.69 Å². The van der Waals surface area contributed by atoms with E-state index in [-0.39, 0.29) is 5.91 Å². The van der Waals surface area contributed by atoms with Crippen molar-refractivity contribution in [3.63, 3.8) is 0 Å². The molecule has 0 unspecified atom stereocenters. The Bertz CT molecular complexity index is 831. The molecule has 6 heteroatoms. The van der Waals surface area contributed by atoms with Crippen molar-refractivity contribution in [3.05, 3.63) is 35.3 Å². The first-order valence-electron chi connectivity index (χ1n) is 11.1. The maximum Gasteiger partial charge on any atom is 0.274 e. The van der Waals surface area contributed by atoms with Crippen LogP contribution >= 0.6 is 0 Å². The summed E-state index contributed by atoms with van der Waals surface area (Å²) in [5.74, 6) is 0.761. The Morgan fingerprint density at radius 2 is 1.86 bits per heavy atom. The number of carbonyl (C=O) groups excluding carboxylic acids is 1. The first-order chi connectivity index (χ1) is 14.2. The third kappa shape index (κ3) is 4.64. The van der Waals surface area contributed by atoms with Crippen molar-refractivity contribution in [2.45, 2.75) is 52.0 Å². The number of methoxy groups -OCH3 is 1. The molecule has 6 nitrogen and oxygen atoms in total. The molecule has 2 aliphatic heterocycles. The van der Waals surface area contributed by atoms with Gasteiger partial charge < -0.3 is 14.0 Å². The zero-order chi connectivity index (χ0) is 20.2. The van der Waals surface area contributed by atoms with Crippen LogP contribution in [-0.4, -0.2) is 65.0 Å². The molecule has 0 aliphatic carbocycles. The van der Waals surface area contributed by atoms with E-state index < -0.39 is 0 Å². The molecule has 1 amide bonds. The van der Waals surface area contributed by atoms with Crippen molar-refractivity contribution in [2.24, 2.45) is 5.92 Å². The van der Waals surface area contributed by atoms with Gasteiger partial charge in [-0.3, -0.25) is 9.69 Å². The third-order valence-corrected chi connectivity index (χ3v) is 6.46. The predicted molar refractivity (Wildman–Crippen MR) is 114 cm³/mol. The highest BCUT2D eigenvalue weighted by Gasteiger charge is 2.27.